The van der Waals surface area contributed by atoms with Gasteiger partial charge in [0, 0.05) is 31.8 Å². The Hall–Kier alpha value is -1.06. The largest absolute Gasteiger partial charge is 0.496 e. The Balaban J connectivity index is 1.59. The Labute approximate surface area is 140 Å². The van der Waals surface area contributed by atoms with Gasteiger partial charge in [-0.3, -0.25) is 4.90 Å². The summed E-state index contributed by atoms with van der Waals surface area (Å²) in [5.41, 5.74) is 2.70. The fourth-order valence-corrected chi connectivity index (χ4v) is 4.23. The zero-order chi connectivity index (χ0) is 15.8. The van der Waals surface area contributed by atoms with Crippen LogP contribution in [0.1, 0.15) is 49.3 Å². The quantitative estimate of drug-likeness (QED) is 0.763. The van der Waals surface area contributed by atoms with Gasteiger partial charge in [-0.1, -0.05) is 12.1 Å². The molecule has 2 unspecified atom stereocenters. The maximum Gasteiger partial charge on any atom is 0.122 e. The molecule has 3 aliphatic rings. The van der Waals surface area contributed by atoms with Crippen LogP contribution in [0, 0.1) is 11.8 Å². The predicted octanol–water partition coefficient (Wildman–Crippen LogP) is 3.82. The van der Waals surface area contributed by atoms with Crippen molar-refractivity contribution < 1.29 is 9.47 Å². The molecule has 3 nitrogen and oxygen atoms in total. The Morgan fingerprint density at radius 2 is 1.70 bits per heavy atom. The molecule has 0 N–H and O–H groups in total. The molecule has 23 heavy (non-hydrogen) atoms. The summed E-state index contributed by atoms with van der Waals surface area (Å²) in [6.45, 7) is 2.56. The van der Waals surface area contributed by atoms with E-state index in [1.807, 2.05) is 7.11 Å². The van der Waals surface area contributed by atoms with Gasteiger partial charge in [0.2, 0.25) is 0 Å². The van der Waals surface area contributed by atoms with Gasteiger partial charge in [-0.25, -0.2) is 0 Å². The molecule has 0 bridgehead atoms. The van der Waals surface area contributed by atoms with Gasteiger partial charge < -0.3 is 9.47 Å². The molecular weight excluding hydrogens is 286 g/mol. The fraction of sp³-hybridized carbons (Fsp3) is 0.700. The molecule has 3 aliphatic carbocycles. The van der Waals surface area contributed by atoms with Crippen LogP contribution in [0.25, 0.3) is 0 Å². The second-order valence-electron chi connectivity index (χ2n) is 7.63. The zero-order valence-electron chi connectivity index (χ0n) is 14.5. The van der Waals surface area contributed by atoms with E-state index in [2.05, 4.69) is 23.1 Å². The molecule has 2 fully saturated rings. The van der Waals surface area contributed by atoms with Crippen LogP contribution in [0.3, 0.4) is 0 Å². The third-order valence-corrected chi connectivity index (χ3v) is 5.84. The smallest absolute Gasteiger partial charge is 0.122 e. The SMILES string of the molecule is COc1cccc2c1CCC(N(CC1CC1)CC1CC1)C2OC. The van der Waals surface area contributed by atoms with Crippen molar-refractivity contribution in [2.24, 2.45) is 11.8 Å². The van der Waals surface area contributed by atoms with Crippen molar-refractivity contribution in [3.8, 4) is 5.75 Å². The summed E-state index contributed by atoms with van der Waals surface area (Å²) in [5, 5.41) is 0. The van der Waals surface area contributed by atoms with E-state index in [0.717, 1.165) is 24.0 Å². The summed E-state index contributed by atoms with van der Waals surface area (Å²) in [7, 11) is 3.65. The highest BCUT2D eigenvalue weighted by Gasteiger charge is 2.39. The first-order valence-corrected chi connectivity index (χ1v) is 9.22. The molecule has 1 aromatic rings. The van der Waals surface area contributed by atoms with E-state index < -0.39 is 0 Å². The maximum absolute atomic E-state index is 6.02. The van der Waals surface area contributed by atoms with Crippen LogP contribution in [0.4, 0.5) is 0 Å². The Morgan fingerprint density at radius 1 is 1.00 bits per heavy atom. The minimum absolute atomic E-state index is 0.186. The lowest BCUT2D eigenvalue weighted by atomic mass is 9.84. The van der Waals surface area contributed by atoms with E-state index in [1.165, 1.54) is 56.3 Å². The third-order valence-electron chi connectivity index (χ3n) is 5.84. The Kier molecular flexibility index (Phi) is 4.33. The number of rotatable bonds is 7. The number of nitrogens with zero attached hydrogens (tertiary/aromatic N) is 1. The lowest BCUT2D eigenvalue weighted by Crippen LogP contribution is -2.45. The van der Waals surface area contributed by atoms with Crippen LogP contribution >= 0.6 is 0 Å². The summed E-state index contributed by atoms with van der Waals surface area (Å²) in [5.74, 6) is 2.91. The first kappa shape index (κ1) is 15.5. The number of hydrogen-bond acceptors (Lipinski definition) is 3. The van der Waals surface area contributed by atoms with Gasteiger partial charge in [0.25, 0.3) is 0 Å². The molecule has 0 aromatic heterocycles. The van der Waals surface area contributed by atoms with E-state index in [0.29, 0.717) is 6.04 Å². The molecule has 4 rings (SSSR count). The minimum atomic E-state index is 0.186. The van der Waals surface area contributed by atoms with E-state index >= 15 is 0 Å². The van der Waals surface area contributed by atoms with Crippen molar-refractivity contribution in [1.82, 2.24) is 4.90 Å². The molecule has 0 amide bonds. The van der Waals surface area contributed by atoms with E-state index in [9.17, 15) is 0 Å². The van der Waals surface area contributed by atoms with Crippen LogP contribution in [-0.4, -0.2) is 38.3 Å². The fourth-order valence-electron chi connectivity index (χ4n) is 4.23. The molecule has 0 spiro atoms. The molecule has 2 atom stereocenters. The first-order valence-electron chi connectivity index (χ1n) is 9.22. The number of fused-ring (bicyclic) bond motifs is 1. The van der Waals surface area contributed by atoms with Crippen LogP contribution in [0.2, 0.25) is 0 Å². The topological polar surface area (TPSA) is 21.7 Å². The highest BCUT2D eigenvalue weighted by molar-refractivity contribution is 5.44. The maximum atomic E-state index is 6.02. The Morgan fingerprint density at radius 3 is 2.26 bits per heavy atom. The number of methoxy groups -OCH3 is 2. The van der Waals surface area contributed by atoms with Gasteiger partial charge in [0.05, 0.1) is 13.2 Å². The summed E-state index contributed by atoms with van der Waals surface area (Å²) >= 11 is 0. The molecule has 3 heteroatoms. The molecule has 126 valence electrons. The van der Waals surface area contributed by atoms with E-state index in [-0.39, 0.29) is 6.10 Å². The lowest BCUT2D eigenvalue weighted by Gasteiger charge is -2.41. The third kappa shape index (κ3) is 3.27. The standard InChI is InChI=1S/C20H29NO2/c1-22-19-5-3-4-17-16(19)10-11-18(20(17)23-2)21(12-14-6-7-14)13-15-8-9-15/h3-5,14-15,18,20H,6-13H2,1-2H3. The molecule has 0 aliphatic heterocycles. The average molecular weight is 315 g/mol. The lowest BCUT2D eigenvalue weighted by molar-refractivity contribution is -0.00178. The summed E-state index contributed by atoms with van der Waals surface area (Å²) < 4.78 is 11.6. The average Bonchev–Trinajstić information content (AvgIpc) is 3.48. The first-order chi connectivity index (χ1) is 11.3. The van der Waals surface area contributed by atoms with Crippen molar-refractivity contribution in [2.75, 3.05) is 27.3 Å². The molecular formula is C20H29NO2. The summed E-state index contributed by atoms with van der Waals surface area (Å²) in [4.78, 5) is 2.77. The van der Waals surface area contributed by atoms with Crippen LogP contribution in [-0.2, 0) is 11.2 Å². The second kappa shape index (κ2) is 6.45. The highest BCUT2D eigenvalue weighted by atomic mass is 16.5. The summed E-state index contributed by atoms with van der Waals surface area (Å²) in [6, 6.07) is 6.96. The molecule has 0 heterocycles. The van der Waals surface area contributed by atoms with Crippen LogP contribution in [0.5, 0.6) is 5.75 Å². The van der Waals surface area contributed by atoms with Gasteiger partial charge in [-0.05, 0) is 62.0 Å². The predicted molar refractivity (Wildman–Crippen MR) is 91.9 cm³/mol. The van der Waals surface area contributed by atoms with Gasteiger partial charge >= 0.3 is 0 Å². The van der Waals surface area contributed by atoms with Crippen molar-refractivity contribution >= 4 is 0 Å². The molecule has 1 aromatic carbocycles. The molecule has 2 saturated carbocycles. The van der Waals surface area contributed by atoms with E-state index in [1.54, 1.807) is 7.11 Å². The molecule has 0 saturated heterocycles. The van der Waals surface area contributed by atoms with Crippen molar-refractivity contribution in [1.29, 1.82) is 0 Å². The molecule has 0 radical (unpaired) electrons. The van der Waals surface area contributed by atoms with Crippen LogP contribution in [0.15, 0.2) is 18.2 Å². The monoisotopic (exact) mass is 315 g/mol. The van der Waals surface area contributed by atoms with Gasteiger partial charge in [-0.2, -0.15) is 0 Å². The summed E-state index contributed by atoms with van der Waals surface area (Å²) in [6.07, 6.45) is 8.19. The highest BCUT2D eigenvalue weighted by Crippen LogP contribution is 2.42. The second-order valence-corrected chi connectivity index (χ2v) is 7.63. The van der Waals surface area contributed by atoms with Gasteiger partial charge in [-0.15, -0.1) is 0 Å². The van der Waals surface area contributed by atoms with Crippen molar-refractivity contribution in [3.63, 3.8) is 0 Å². The van der Waals surface area contributed by atoms with Crippen LogP contribution < -0.4 is 4.74 Å². The number of benzene rings is 1. The van der Waals surface area contributed by atoms with Gasteiger partial charge in [0.1, 0.15) is 5.75 Å². The Bertz CT molecular complexity index is 537. The van der Waals surface area contributed by atoms with E-state index in [4.69, 9.17) is 9.47 Å². The van der Waals surface area contributed by atoms with Gasteiger partial charge in [0.15, 0.2) is 0 Å². The normalized spacial score (nSPS) is 27.1. The van der Waals surface area contributed by atoms with Crippen molar-refractivity contribution in [3.05, 3.63) is 29.3 Å². The van der Waals surface area contributed by atoms with Crippen molar-refractivity contribution in [2.45, 2.75) is 50.7 Å². The zero-order valence-corrected chi connectivity index (χ0v) is 14.5. The number of hydrogen-bond donors (Lipinski definition) is 0. The number of ether oxygens (including phenoxy) is 2. The minimum Gasteiger partial charge on any atom is -0.496 e.